The van der Waals surface area contributed by atoms with E-state index in [0.29, 0.717) is 28.6 Å². The van der Waals surface area contributed by atoms with Crippen LogP contribution in [0.1, 0.15) is 15.9 Å². The van der Waals surface area contributed by atoms with Crippen molar-refractivity contribution in [1.29, 1.82) is 0 Å². The summed E-state index contributed by atoms with van der Waals surface area (Å²) in [5, 5.41) is 0. The van der Waals surface area contributed by atoms with Crippen LogP contribution in [0.5, 0.6) is 23.0 Å². The van der Waals surface area contributed by atoms with Crippen molar-refractivity contribution in [1.82, 2.24) is 0 Å². The first-order valence-corrected chi connectivity index (χ1v) is 8.19. The number of benzene rings is 2. The fourth-order valence-corrected chi connectivity index (χ4v) is 2.71. The lowest BCUT2D eigenvalue weighted by molar-refractivity contribution is 0.104. The Kier molecular flexibility index (Phi) is 6.47. The van der Waals surface area contributed by atoms with Gasteiger partial charge in [0.15, 0.2) is 17.3 Å². The van der Waals surface area contributed by atoms with Crippen LogP contribution in [0.25, 0.3) is 6.08 Å². The number of hydrogen-bond donors (Lipinski definition) is 0. The van der Waals surface area contributed by atoms with E-state index in [2.05, 4.69) is 15.9 Å². The zero-order chi connectivity index (χ0) is 18.4. The predicted molar refractivity (Wildman–Crippen MR) is 100 cm³/mol. The maximum absolute atomic E-state index is 12.6. The molecule has 0 heterocycles. The molecule has 0 bridgehead atoms. The summed E-state index contributed by atoms with van der Waals surface area (Å²) in [6.45, 7) is 0. The number of hydrogen-bond acceptors (Lipinski definition) is 5. The molecular weight excluding hydrogens is 388 g/mol. The molecule has 0 aliphatic heterocycles. The van der Waals surface area contributed by atoms with E-state index >= 15 is 0 Å². The Morgan fingerprint density at radius 3 is 2.12 bits per heavy atom. The van der Waals surface area contributed by atoms with Gasteiger partial charge in [-0.25, -0.2) is 0 Å². The average Bonchev–Trinajstić information content (AvgIpc) is 2.65. The number of rotatable bonds is 7. The summed E-state index contributed by atoms with van der Waals surface area (Å²) < 4.78 is 21.7. The van der Waals surface area contributed by atoms with Gasteiger partial charge in [-0.2, -0.15) is 0 Å². The molecule has 0 atom stereocenters. The molecule has 0 saturated carbocycles. The fourth-order valence-electron chi connectivity index (χ4n) is 2.26. The van der Waals surface area contributed by atoms with Crippen LogP contribution in [0.4, 0.5) is 0 Å². The smallest absolute Gasteiger partial charge is 0.189 e. The van der Waals surface area contributed by atoms with E-state index in [1.54, 1.807) is 57.7 Å². The summed E-state index contributed by atoms with van der Waals surface area (Å²) >= 11 is 3.47. The third-order valence-corrected chi connectivity index (χ3v) is 4.28. The third-order valence-electron chi connectivity index (χ3n) is 3.59. The minimum atomic E-state index is -0.197. The summed E-state index contributed by atoms with van der Waals surface area (Å²) in [6.07, 6.45) is 3.18. The second-order valence-electron chi connectivity index (χ2n) is 4.99. The van der Waals surface area contributed by atoms with Crippen LogP contribution >= 0.6 is 15.9 Å². The van der Waals surface area contributed by atoms with Crippen molar-refractivity contribution in [2.24, 2.45) is 0 Å². The summed E-state index contributed by atoms with van der Waals surface area (Å²) in [7, 11) is 6.20. The minimum absolute atomic E-state index is 0.197. The number of ether oxygens (including phenoxy) is 4. The monoisotopic (exact) mass is 406 g/mol. The molecule has 2 rings (SSSR count). The van der Waals surface area contributed by atoms with E-state index in [0.717, 1.165) is 10.0 Å². The number of halogens is 1. The maximum atomic E-state index is 12.6. The van der Waals surface area contributed by atoms with Crippen LogP contribution in [0.15, 0.2) is 40.9 Å². The first kappa shape index (κ1) is 18.9. The molecular formula is C19H19BrO5. The number of allylic oxidation sites excluding steroid dienone is 1. The van der Waals surface area contributed by atoms with Gasteiger partial charge >= 0.3 is 0 Å². The van der Waals surface area contributed by atoms with E-state index in [9.17, 15) is 4.79 Å². The molecule has 0 saturated heterocycles. The van der Waals surface area contributed by atoms with Gasteiger partial charge in [-0.05, 0) is 48.0 Å². The van der Waals surface area contributed by atoms with Crippen LogP contribution in [0, 0.1) is 0 Å². The number of ketones is 1. The van der Waals surface area contributed by atoms with E-state index in [4.69, 9.17) is 18.9 Å². The molecule has 0 aliphatic rings. The summed E-state index contributed by atoms with van der Waals surface area (Å²) in [5.41, 5.74) is 1.21. The summed E-state index contributed by atoms with van der Waals surface area (Å²) in [5.74, 6) is 2.06. The molecule has 0 aliphatic carbocycles. The molecule has 0 spiro atoms. The molecule has 0 unspecified atom stereocenters. The highest BCUT2D eigenvalue weighted by molar-refractivity contribution is 9.10. The standard InChI is InChI=1S/C19H19BrO5/c1-22-13-6-8-17(23-2)14(10-13)16(21)7-5-12-9-18(24-3)19(25-4)11-15(12)20/h5-11H,1-4H3. The normalized spacial score (nSPS) is 10.6. The van der Waals surface area contributed by atoms with Gasteiger partial charge in [0.2, 0.25) is 0 Å². The first-order chi connectivity index (χ1) is 12.0. The lowest BCUT2D eigenvalue weighted by atomic mass is 10.1. The topological polar surface area (TPSA) is 54.0 Å². The second-order valence-corrected chi connectivity index (χ2v) is 5.85. The van der Waals surface area contributed by atoms with Gasteiger partial charge in [-0.3, -0.25) is 4.79 Å². The Morgan fingerprint density at radius 1 is 0.880 bits per heavy atom. The van der Waals surface area contributed by atoms with Crippen molar-refractivity contribution in [2.75, 3.05) is 28.4 Å². The molecule has 0 radical (unpaired) electrons. The Balaban J connectivity index is 2.35. The SMILES string of the molecule is COc1ccc(OC)c(C(=O)C=Cc2cc(OC)c(OC)cc2Br)c1. The molecule has 5 nitrogen and oxygen atoms in total. The van der Waals surface area contributed by atoms with Crippen LogP contribution in [0.2, 0.25) is 0 Å². The van der Waals surface area contributed by atoms with E-state index in [-0.39, 0.29) is 5.78 Å². The Labute approximate surface area is 155 Å². The fraction of sp³-hybridized carbons (Fsp3) is 0.211. The van der Waals surface area contributed by atoms with Crippen molar-refractivity contribution < 1.29 is 23.7 Å². The molecule has 2 aromatic carbocycles. The molecule has 0 N–H and O–H groups in total. The molecule has 0 fully saturated rings. The van der Waals surface area contributed by atoms with Gasteiger partial charge in [0.05, 0.1) is 34.0 Å². The lowest BCUT2D eigenvalue weighted by Gasteiger charge is -2.10. The number of methoxy groups -OCH3 is 4. The third kappa shape index (κ3) is 4.33. The summed E-state index contributed by atoms with van der Waals surface area (Å²) in [4.78, 5) is 12.6. The number of carbonyl (C=O) groups excluding carboxylic acids is 1. The zero-order valence-corrected chi connectivity index (χ0v) is 16.0. The van der Waals surface area contributed by atoms with E-state index < -0.39 is 0 Å². The summed E-state index contributed by atoms with van der Waals surface area (Å²) in [6, 6.07) is 8.66. The molecule has 0 amide bonds. The average molecular weight is 407 g/mol. The lowest BCUT2D eigenvalue weighted by Crippen LogP contribution is -2.00. The van der Waals surface area contributed by atoms with Crippen LogP contribution in [-0.2, 0) is 0 Å². The van der Waals surface area contributed by atoms with Crippen LogP contribution < -0.4 is 18.9 Å². The van der Waals surface area contributed by atoms with Gasteiger partial charge in [0.1, 0.15) is 11.5 Å². The second kappa shape index (κ2) is 8.58. The maximum Gasteiger partial charge on any atom is 0.189 e. The quantitative estimate of drug-likeness (QED) is 0.504. The van der Waals surface area contributed by atoms with Crippen molar-refractivity contribution in [3.63, 3.8) is 0 Å². The highest BCUT2D eigenvalue weighted by Gasteiger charge is 2.12. The largest absolute Gasteiger partial charge is 0.497 e. The molecule has 0 aromatic heterocycles. The van der Waals surface area contributed by atoms with Crippen LogP contribution in [-0.4, -0.2) is 34.2 Å². The van der Waals surface area contributed by atoms with Crippen molar-refractivity contribution in [2.45, 2.75) is 0 Å². The first-order valence-electron chi connectivity index (χ1n) is 7.40. The highest BCUT2D eigenvalue weighted by atomic mass is 79.9. The highest BCUT2D eigenvalue weighted by Crippen LogP contribution is 2.34. The van der Waals surface area contributed by atoms with Crippen molar-refractivity contribution in [3.05, 3.63) is 52.0 Å². The van der Waals surface area contributed by atoms with Gasteiger partial charge in [0.25, 0.3) is 0 Å². The van der Waals surface area contributed by atoms with E-state index in [1.807, 2.05) is 0 Å². The Morgan fingerprint density at radius 2 is 1.52 bits per heavy atom. The molecule has 2 aromatic rings. The Bertz CT molecular complexity index is 799. The van der Waals surface area contributed by atoms with Gasteiger partial charge < -0.3 is 18.9 Å². The minimum Gasteiger partial charge on any atom is -0.497 e. The van der Waals surface area contributed by atoms with Crippen molar-refractivity contribution in [3.8, 4) is 23.0 Å². The van der Waals surface area contributed by atoms with Gasteiger partial charge in [0, 0.05) is 4.47 Å². The molecule has 132 valence electrons. The molecule has 6 heteroatoms. The van der Waals surface area contributed by atoms with Gasteiger partial charge in [-0.1, -0.05) is 15.9 Å². The molecule has 25 heavy (non-hydrogen) atoms. The predicted octanol–water partition coefficient (Wildman–Crippen LogP) is 4.38. The zero-order valence-electron chi connectivity index (χ0n) is 14.5. The van der Waals surface area contributed by atoms with Crippen molar-refractivity contribution >= 4 is 27.8 Å². The van der Waals surface area contributed by atoms with E-state index in [1.165, 1.54) is 13.2 Å². The number of carbonyl (C=O) groups is 1. The van der Waals surface area contributed by atoms with Crippen LogP contribution in [0.3, 0.4) is 0 Å². The Hall–Kier alpha value is -2.47. The van der Waals surface area contributed by atoms with Gasteiger partial charge in [-0.15, -0.1) is 0 Å².